The van der Waals surface area contributed by atoms with Crippen molar-refractivity contribution in [3.05, 3.63) is 42.5 Å². The van der Waals surface area contributed by atoms with Gasteiger partial charge in [0.1, 0.15) is 5.75 Å². The number of benzene rings is 2. The Morgan fingerprint density at radius 3 is 2.83 bits per heavy atom. The maximum absolute atomic E-state index is 12.2. The number of likely N-dealkylation sites (tertiary alicyclic amines) is 1. The van der Waals surface area contributed by atoms with Crippen LogP contribution in [0.5, 0.6) is 5.75 Å². The molecule has 1 saturated heterocycles. The van der Waals surface area contributed by atoms with Gasteiger partial charge in [-0.15, -0.1) is 12.4 Å². The van der Waals surface area contributed by atoms with Gasteiger partial charge in [-0.2, -0.15) is 0 Å². The van der Waals surface area contributed by atoms with Crippen LogP contribution in [-0.2, 0) is 4.79 Å². The highest BCUT2D eigenvalue weighted by Crippen LogP contribution is 2.21. The summed E-state index contributed by atoms with van der Waals surface area (Å²) in [6.45, 7) is 2.76. The Morgan fingerprint density at radius 1 is 1.26 bits per heavy atom. The molecule has 1 unspecified atom stereocenters. The molecule has 0 aromatic heterocycles. The highest BCUT2D eigenvalue weighted by Gasteiger charge is 2.25. The molecule has 3 rings (SSSR count). The summed E-state index contributed by atoms with van der Waals surface area (Å²) < 4.78 is 5.68. The Kier molecular flexibility index (Phi) is 6.25. The van der Waals surface area contributed by atoms with Crippen molar-refractivity contribution in [1.29, 1.82) is 0 Å². The highest BCUT2D eigenvalue weighted by atomic mass is 35.5. The molecule has 0 radical (unpaired) electrons. The lowest BCUT2D eigenvalue weighted by molar-refractivity contribution is -0.132. The number of hydrogen-bond donors (Lipinski definition) is 1. The average molecular weight is 335 g/mol. The number of rotatable bonds is 5. The van der Waals surface area contributed by atoms with Crippen molar-refractivity contribution in [1.82, 2.24) is 10.2 Å². The monoisotopic (exact) mass is 334 g/mol. The summed E-state index contributed by atoms with van der Waals surface area (Å²) in [6.07, 6.45) is 1.07. The van der Waals surface area contributed by atoms with Gasteiger partial charge in [-0.05, 0) is 48.8 Å². The summed E-state index contributed by atoms with van der Waals surface area (Å²) in [4.78, 5) is 14.1. The van der Waals surface area contributed by atoms with E-state index in [0.717, 1.165) is 37.2 Å². The van der Waals surface area contributed by atoms with Crippen molar-refractivity contribution in [3.63, 3.8) is 0 Å². The Balaban J connectivity index is 0.00000192. The molecule has 0 bridgehead atoms. The molecule has 0 spiro atoms. The standard InChI is InChI=1S/C18H22N2O2.ClH/c1-19-11-14-8-9-20(12-14)18(21)13-22-17-7-6-15-4-2-3-5-16(15)10-17;/h2-7,10,14,19H,8-9,11-13H2,1H3;1H. The minimum atomic E-state index is 0. The van der Waals surface area contributed by atoms with Crippen molar-refractivity contribution >= 4 is 29.1 Å². The Labute approximate surface area is 143 Å². The molecule has 1 aliphatic heterocycles. The normalized spacial score (nSPS) is 17.1. The Morgan fingerprint density at radius 2 is 2.04 bits per heavy atom. The molecule has 23 heavy (non-hydrogen) atoms. The number of fused-ring (bicyclic) bond motifs is 1. The van der Waals surface area contributed by atoms with Gasteiger partial charge in [0.05, 0.1) is 0 Å². The van der Waals surface area contributed by atoms with E-state index in [-0.39, 0.29) is 24.9 Å². The van der Waals surface area contributed by atoms with E-state index in [1.165, 1.54) is 5.39 Å². The summed E-state index contributed by atoms with van der Waals surface area (Å²) in [7, 11) is 1.95. The fourth-order valence-electron chi connectivity index (χ4n) is 3.01. The van der Waals surface area contributed by atoms with E-state index in [9.17, 15) is 4.79 Å². The first kappa shape index (κ1) is 17.6. The van der Waals surface area contributed by atoms with E-state index < -0.39 is 0 Å². The van der Waals surface area contributed by atoms with Gasteiger partial charge in [0.25, 0.3) is 5.91 Å². The molecular weight excluding hydrogens is 312 g/mol. The first-order valence-corrected chi connectivity index (χ1v) is 7.80. The summed E-state index contributed by atoms with van der Waals surface area (Å²) in [5, 5.41) is 5.48. The summed E-state index contributed by atoms with van der Waals surface area (Å²) in [5.41, 5.74) is 0. The fraction of sp³-hybridized carbons (Fsp3) is 0.389. The smallest absolute Gasteiger partial charge is 0.260 e. The van der Waals surface area contributed by atoms with Crippen LogP contribution in [0.15, 0.2) is 42.5 Å². The maximum atomic E-state index is 12.2. The largest absolute Gasteiger partial charge is 0.484 e. The van der Waals surface area contributed by atoms with E-state index in [0.29, 0.717) is 5.92 Å². The summed E-state index contributed by atoms with van der Waals surface area (Å²) in [6, 6.07) is 14.1. The molecule has 2 aromatic rings. The second kappa shape index (κ2) is 8.18. The molecule has 1 heterocycles. The molecule has 1 atom stereocenters. The van der Waals surface area contributed by atoms with Crippen molar-refractivity contribution in [2.75, 3.05) is 33.3 Å². The van der Waals surface area contributed by atoms with Gasteiger partial charge in [-0.3, -0.25) is 4.79 Å². The van der Waals surface area contributed by atoms with Gasteiger partial charge < -0.3 is 15.0 Å². The molecule has 1 N–H and O–H groups in total. The van der Waals surface area contributed by atoms with Gasteiger partial charge in [0, 0.05) is 13.1 Å². The van der Waals surface area contributed by atoms with Gasteiger partial charge >= 0.3 is 0 Å². The van der Waals surface area contributed by atoms with E-state index in [1.807, 2.05) is 48.3 Å². The van der Waals surface area contributed by atoms with Crippen LogP contribution in [0.3, 0.4) is 0 Å². The third-order valence-electron chi connectivity index (χ3n) is 4.21. The first-order valence-electron chi connectivity index (χ1n) is 7.80. The van der Waals surface area contributed by atoms with Crippen molar-refractivity contribution < 1.29 is 9.53 Å². The van der Waals surface area contributed by atoms with Crippen LogP contribution in [-0.4, -0.2) is 44.1 Å². The van der Waals surface area contributed by atoms with Crippen LogP contribution in [0.25, 0.3) is 10.8 Å². The van der Waals surface area contributed by atoms with Crippen molar-refractivity contribution in [2.45, 2.75) is 6.42 Å². The topological polar surface area (TPSA) is 41.6 Å². The Bertz CT molecular complexity index is 662. The van der Waals surface area contributed by atoms with Gasteiger partial charge in [-0.25, -0.2) is 0 Å². The number of nitrogens with zero attached hydrogens (tertiary/aromatic N) is 1. The molecule has 1 fully saturated rings. The van der Waals surface area contributed by atoms with Crippen molar-refractivity contribution in [3.8, 4) is 5.75 Å². The van der Waals surface area contributed by atoms with Crippen LogP contribution in [0.1, 0.15) is 6.42 Å². The van der Waals surface area contributed by atoms with Crippen LogP contribution >= 0.6 is 12.4 Å². The minimum Gasteiger partial charge on any atom is -0.484 e. The number of carbonyl (C=O) groups excluding carboxylic acids is 1. The third-order valence-corrected chi connectivity index (χ3v) is 4.21. The van der Waals surface area contributed by atoms with Crippen LogP contribution in [0, 0.1) is 5.92 Å². The number of carbonyl (C=O) groups is 1. The molecule has 4 nitrogen and oxygen atoms in total. The van der Waals surface area contributed by atoms with E-state index in [2.05, 4.69) is 11.4 Å². The molecule has 5 heteroatoms. The first-order chi connectivity index (χ1) is 10.8. The summed E-state index contributed by atoms with van der Waals surface area (Å²) in [5.74, 6) is 1.39. The average Bonchev–Trinajstić information content (AvgIpc) is 3.01. The molecular formula is C18H23ClN2O2. The zero-order valence-corrected chi connectivity index (χ0v) is 14.1. The number of nitrogens with one attached hydrogen (secondary N) is 1. The maximum Gasteiger partial charge on any atom is 0.260 e. The number of hydrogen-bond acceptors (Lipinski definition) is 3. The van der Waals surface area contributed by atoms with Crippen molar-refractivity contribution in [2.24, 2.45) is 5.92 Å². The summed E-state index contributed by atoms with van der Waals surface area (Å²) >= 11 is 0. The van der Waals surface area contributed by atoms with Crippen LogP contribution in [0.2, 0.25) is 0 Å². The molecule has 124 valence electrons. The number of ether oxygens (including phenoxy) is 1. The van der Waals surface area contributed by atoms with Gasteiger partial charge in [0.2, 0.25) is 0 Å². The van der Waals surface area contributed by atoms with Gasteiger partial charge in [-0.1, -0.05) is 30.3 Å². The highest BCUT2D eigenvalue weighted by molar-refractivity contribution is 5.85. The van der Waals surface area contributed by atoms with E-state index >= 15 is 0 Å². The van der Waals surface area contributed by atoms with E-state index in [4.69, 9.17) is 4.74 Å². The van der Waals surface area contributed by atoms with E-state index in [1.54, 1.807) is 0 Å². The lowest BCUT2D eigenvalue weighted by Crippen LogP contribution is -2.34. The lowest BCUT2D eigenvalue weighted by atomic mass is 10.1. The molecule has 0 saturated carbocycles. The number of amides is 1. The lowest BCUT2D eigenvalue weighted by Gasteiger charge is -2.17. The quantitative estimate of drug-likeness (QED) is 0.914. The molecule has 2 aromatic carbocycles. The predicted molar refractivity (Wildman–Crippen MR) is 95.3 cm³/mol. The molecule has 1 aliphatic rings. The molecule has 0 aliphatic carbocycles. The fourth-order valence-corrected chi connectivity index (χ4v) is 3.01. The van der Waals surface area contributed by atoms with Crippen LogP contribution in [0.4, 0.5) is 0 Å². The van der Waals surface area contributed by atoms with Crippen LogP contribution < -0.4 is 10.1 Å². The molecule has 1 amide bonds. The number of halogens is 1. The zero-order chi connectivity index (χ0) is 15.4. The Hall–Kier alpha value is -1.78. The zero-order valence-electron chi connectivity index (χ0n) is 13.3. The predicted octanol–water partition coefficient (Wildman–Crippen LogP) is 2.71. The van der Waals surface area contributed by atoms with Gasteiger partial charge in [0.15, 0.2) is 6.61 Å². The second-order valence-corrected chi connectivity index (χ2v) is 5.85. The SMILES string of the molecule is CNCC1CCN(C(=O)COc2ccc3ccccc3c2)C1.Cl. The minimum absolute atomic E-state index is 0. The third kappa shape index (κ3) is 4.36. The second-order valence-electron chi connectivity index (χ2n) is 5.85.